The summed E-state index contributed by atoms with van der Waals surface area (Å²) >= 11 is 0. The number of hydrogen-bond donors (Lipinski definition) is 2. The lowest BCUT2D eigenvalue weighted by Gasteiger charge is -2.01. The molecule has 0 spiro atoms. The highest BCUT2D eigenvalue weighted by Crippen LogP contribution is 2.48. The fraction of sp³-hybridized carbons (Fsp3) is 0.333. The number of carbonyl (C=O) groups excluding carboxylic acids is 1. The number of hydrogen-bond acceptors (Lipinski definition) is 3. The molecule has 102 valence electrons. The molecule has 2 atom stereocenters. The first-order valence-electron chi connectivity index (χ1n) is 5.72. The molecule has 0 aliphatic heterocycles. The Hall–Kier alpha value is -1.89. The number of aliphatic imine (C=N–C) groups is 1. The summed E-state index contributed by atoms with van der Waals surface area (Å²) in [5.41, 5.74) is 11.2. The van der Waals surface area contributed by atoms with E-state index in [0.717, 1.165) is 11.8 Å². The second-order valence-electron chi connectivity index (χ2n) is 4.66. The Morgan fingerprint density at radius 1 is 1.26 bits per heavy atom. The molecule has 6 nitrogen and oxygen atoms in total. The fourth-order valence-corrected chi connectivity index (χ4v) is 2.64. The number of rotatable bonds is 3. The van der Waals surface area contributed by atoms with Crippen molar-refractivity contribution in [1.82, 2.24) is 0 Å². The van der Waals surface area contributed by atoms with E-state index in [-0.39, 0.29) is 28.6 Å². The van der Waals surface area contributed by atoms with Crippen LogP contribution in [0.5, 0.6) is 0 Å². The molecule has 0 radical (unpaired) electrons. The molecule has 19 heavy (non-hydrogen) atoms. The lowest BCUT2D eigenvalue weighted by atomic mass is 10.1. The largest absolute Gasteiger partial charge is 0.370 e. The summed E-state index contributed by atoms with van der Waals surface area (Å²) in [7, 11) is -3.19. The summed E-state index contributed by atoms with van der Waals surface area (Å²) in [6, 6.07) is 6.55. The highest BCUT2D eigenvalue weighted by Gasteiger charge is 2.44. The summed E-state index contributed by atoms with van der Waals surface area (Å²) in [6.07, 6.45) is 1.85. The van der Waals surface area contributed by atoms with Gasteiger partial charge in [0, 0.05) is 12.2 Å². The van der Waals surface area contributed by atoms with Gasteiger partial charge in [-0.25, -0.2) is 8.42 Å². The van der Waals surface area contributed by atoms with Crippen molar-refractivity contribution in [1.29, 1.82) is 0 Å². The molecule has 1 aliphatic carbocycles. The molecule has 0 bridgehead atoms. The van der Waals surface area contributed by atoms with Gasteiger partial charge in [-0.15, -0.1) is 0 Å². The van der Waals surface area contributed by atoms with E-state index in [4.69, 9.17) is 11.5 Å². The van der Waals surface area contributed by atoms with Crippen LogP contribution in [-0.4, -0.2) is 26.5 Å². The summed E-state index contributed by atoms with van der Waals surface area (Å²) in [6.45, 7) is 0. The van der Waals surface area contributed by atoms with Gasteiger partial charge in [-0.05, 0) is 30.0 Å². The Balaban J connectivity index is 2.10. The van der Waals surface area contributed by atoms with Crippen LogP contribution in [0.25, 0.3) is 0 Å². The molecule has 1 aliphatic rings. The van der Waals surface area contributed by atoms with Crippen LogP contribution in [-0.2, 0) is 14.6 Å². The molecule has 0 aromatic heterocycles. The summed E-state index contributed by atoms with van der Waals surface area (Å²) in [4.78, 5) is 15.4. The zero-order chi connectivity index (χ0) is 14.2. The fourth-order valence-electron chi connectivity index (χ4n) is 2.01. The molecule has 0 saturated heterocycles. The van der Waals surface area contributed by atoms with Crippen molar-refractivity contribution in [2.75, 3.05) is 6.26 Å². The van der Waals surface area contributed by atoms with E-state index in [1.54, 1.807) is 24.3 Å². The van der Waals surface area contributed by atoms with Crippen molar-refractivity contribution in [2.24, 2.45) is 22.4 Å². The predicted octanol–water partition coefficient (Wildman–Crippen LogP) is -0.00640. The van der Waals surface area contributed by atoms with E-state index in [9.17, 15) is 13.2 Å². The third-order valence-electron chi connectivity index (χ3n) is 3.08. The number of carbonyl (C=O) groups is 1. The molecule has 1 amide bonds. The number of guanidine groups is 1. The summed E-state index contributed by atoms with van der Waals surface area (Å²) < 4.78 is 22.6. The predicted molar refractivity (Wildman–Crippen MR) is 71.2 cm³/mol. The van der Waals surface area contributed by atoms with Gasteiger partial charge < -0.3 is 11.5 Å². The van der Waals surface area contributed by atoms with E-state index >= 15 is 0 Å². The number of sulfone groups is 1. The number of nitrogens with two attached hydrogens (primary N) is 2. The molecule has 2 rings (SSSR count). The van der Waals surface area contributed by atoms with Crippen molar-refractivity contribution < 1.29 is 13.2 Å². The van der Waals surface area contributed by atoms with Crippen LogP contribution in [0.4, 0.5) is 0 Å². The Labute approximate surface area is 111 Å². The Kier molecular flexibility index (Phi) is 3.32. The van der Waals surface area contributed by atoms with Crippen LogP contribution in [0.15, 0.2) is 34.2 Å². The molecular weight excluding hydrogens is 266 g/mol. The number of nitrogens with zero attached hydrogens (tertiary/aromatic N) is 1. The minimum Gasteiger partial charge on any atom is -0.370 e. The van der Waals surface area contributed by atoms with Gasteiger partial charge in [0.15, 0.2) is 15.8 Å². The first-order valence-corrected chi connectivity index (χ1v) is 7.61. The third kappa shape index (κ3) is 3.11. The molecule has 2 unspecified atom stereocenters. The highest BCUT2D eigenvalue weighted by atomic mass is 32.2. The van der Waals surface area contributed by atoms with E-state index in [0.29, 0.717) is 6.42 Å². The lowest BCUT2D eigenvalue weighted by Crippen LogP contribution is -2.24. The van der Waals surface area contributed by atoms with Crippen LogP contribution in [0.3, 0.4) is 0 Å². The standard InChI is InChI=1S/C12H15N3O3S/c1-19(17,18)8-4-2-7(3-5-8)9-6-10(9)11(16)15-12(13)14/h2-5,9-10H,6H2,1H3,(H4,13,14,15,16). The van der Waals surface area contributed by atoms with Gasteiger partial charge in [0.05, 0.1) is 4.90 Å². The van der Waals surface area contributed by atoms with E-state index in [1.165, 1.54) is 0 Å². The SMILES string of the molecule is CS(=O)(=O)c1ccc(C2CC2C(=O)N=C(N)N)cc1. The molecule has 7 heteroatoms. The molecule has 0 heterocycles. The lowest BCUT2D eigenvalue weighted by molar-refractivity contribution is -0.119. The maximum atomic E-state index is 11.6. The zero-order valence-corrected chi connectivity index (χ0v) is 11.2. The normalized spacial score (nSPS) is 21.7. The number of benzene rings is 1. The maximum Gasteiger partial charge on any atom is 0.252 e. The van der Waals surface area contributed by atoms with Gasteiger partial charge >= 0.3 is 0 Å². The van der Waals surface area contributed by atoms with E-state index < -0.39 is 9.84 Å². The monoisotopic (exact) mass is 281 g/mol. The van der Waals surface area contributed by atoms with Gasteiger partial charge in [-0.2, -0.15) is 4.99 Å². The van der Waals surface area contributed by atoms with Gasteiger partial charge in [-0.3, -0.25) is 4.79 Å². The van der Waals surface area contributed by atoms with Crippen LogP contribution in [0, 0.1) is 5.92 Å². The molecular formula is C12H15N3O3S. The Bertz CT molecular complexity index is 631. The third-order valence-corrected chi connectivity index (χ3v) is 4.21. The average molecular weight is 281 g/mol. The minimum absolute atomic E-state index is 0.0733. The van der Waals surface area contributed by atoms with Crippen LogP contribution >= 0.6 is 0 Å². The van der Waals surface area contributed by atoms with Crippen LogP contribution < -0.4 is 11.5 Å². The van der Waals surface area contributed by atoms with Crippen molar-refractivity contribution >= 4 is 21.7 Å². The van der Waals surface area contributed by atoms with Gasteiger partial charge in [0.25, 0.3) is 5.91 Å². The first kappa shape index (κ1) is 13.5. The Morgan fingerprint density at radius 3 is 2.32 bits per heavy atom. The maximum absolute atomic E-state index is 11.6. The average Bonchev–Trinajstić information content (AvgIpc) is 3.07. The zero-order valence-electron chi connectivity index (χ0n) is 10.4. The molecule has 1 fully saturated rings. The second-order valence-corrected chi connectivity index (χ2v) is 6.68. The number of amides is 1. The topological polar surface area (TPSA) is 116 Å². The van der Waals surface area contributed by atoms with E-state index in [2.05, 4.69) is 4.99 Å². The quantitative estimate of drug-likeness (QED) is 0.597. The van der Waals surface area contributed by atoms with Crippen LogP contribution in [0.1, 0.15) is 17.9 Å². The van der Waals surface area contributed by atoms with Gasteiger partial charge in [0.1, 0.15) is 0 Å². The van der Waals surface area contributed by atoms with Crippen molar-refractivity contribution in [3.05, 3.63) is 29.8 Å². The minimum atomic E-state index is -3.19. The van der Waals surface area contributed by atoms with Crippen LogP contribution in [0.2, 0.25) is 0 Å². The van der Waals surface area contributed by atoms with Crippen molar-refractivity contribution in [3.8, 4) is 0 Å². The highest BCUT2D eigenvalue weighted by molar-refractivity contribution is 7.90. The van der Waals surface area contributed by atoms with Crippen molar-refractivity contribution in [3.63, 3.8) is 0 Å². The molecule has 4 N–H and O–H groups in total. The van der Waals surface area contributed by atoms with Gasteiger partial charge in [-0.1, -0.05) is 12.1 Å². The molecule has 1 aromatic rings. The smallest absolute Gasteiger partial charge is 0.252 e. The molecule has 1 aromatic carbocycles. The van der Waals surface area contributed by atoms with Gasteiger partial charge in [0.2, 0.25) is 0 Å². The van der Waals surface area contributed by atoms with Crippen molar-refractivity contribution in [2.45, 2.75) is 17.2 Å². The summed E-state index contributed by atoms with van der Waals surface area (Å²) in [5.74, 6) is -0.685. The van der Waals surface area contributed by atoms with E-state index in [1.807, 2.05) is 0 Å². The molecule has 1 saturated carbocycles. The Morgan fingerprint density at radius 2 is 1.84 bits per heavy atom. The second kappa shape index (κ2) is 4.65. The first-order chi connectivity index (χ1) is 8.79. The summed E-state index contributed by atoms with van der Waals surface area (Å²) in [5, 5.41) is 0.